The second kappa shape index (κ2) is 11.0. The van der Waals surface area contributed by atoms with Crippen molar-refractivity contribution in [3.63, 3.8) is 0 Å². The van der Waals surface area contributed by atoms with Crippen LogP contribution in [0, 0.1) is 5.92 Å². The van der Waals surface area contributed by atoms with Crippen LogP contribution in [0.3, 0.4) is 0 Å². The predicted octanol–water partition coefficient (Wildman–Crippen LogP) is 10.7. The SMILES string of the molecule is C1=CCCC(C(Cc2ccc(C3=CC4=C(CC3)C3=NC5C=CC=C[C@@H]5C3c3ccccc34)cc2)c2cccc3ccccc23)=C1. The summed E-state index contributed by atoms with van der Waals surface area (Å²) in [5, 5.41) is 2.70. The molecule has 4 aliphatic carbocycles. The van der Waals surface area contributed by atoms with Gasteiger partial charge in [-0.1, -0.05) is 145 Å². The molecule has 4 aromatic carbocycles. The molecule has 0 N–H and O–H groups in total. The second-order valence-electron chi connectivity index (χ2n) is 13.2. The maximum absolute atomic E-state index is 5.32. The van der Waals surface area contributed by atoms with Gasteiger partial charge in [0, 0.05) is 23.5 Å². The van der Waals surface area contributed by atoms with Crippen LogP contribution in [0.25, 0.3) is 21.9 Å². The molecular formula is C44H37N. The fourth-order valence-electron chi connectivity index (χ4n) is 8.57. The van der Waals surface area contributed by atoms with Crippen LogP contribution in [0.1, 0.15) is 65.3 Å². The Balaban J connectivity index is 1.05. The van der Waals surface area contributed by atoms with Gasteiger partial charge in [-0.2, -0.15) is 0 Å². The highest BCUT2D eigenvalue weighted by molar-refractivity contribution is 6.17. The Kier molecular flexibility index (Phi) is 6.51. The van der Waals surface area contributed by atoms with Crippen LogP contribution in [0.2, 0.25) is 0 Å². The first-order valence-corrected chi connectivity index (χ1v) is 16.7. The molecule has 218 valence electrons. The van der Waals surface area contributed by atoms with E-state index in [1.807, 2.05) is 0 Å². The summed E-state index contributed by atoms with van der Waals surface area (Å²) >= 11 is 0. The molecule has 0 aromatic heterocycles. The molecule has 1 nitrogen and oxygen atoms in total. The second-order valence-corrected chi connectivity index (χ2v) is 13.2. The number of allylic oxidation sites excluding steroid dienone is 10. The molecule has 4 atom stereocenters. The molecular weight excluding hydrogens is 542 g/mol. The number of aliphatic imine (C=N–C) groups is 1. The van der Waals surface area contributed by atoms with E-state index >= 15 is 0 Å². The highest BCUT2D eigenvalue weighted by atomic mass is 14.9. The predicted molar refractivity (Wildman–Crippen MR) is 190 cm³/mol. The lowest BCUT2D eigenvalue weighted by molar-refractivity contribution is 0.581. The molecule has 4 aromatic rings. The van der Waals surface area contributed by atoms with E-state index < -0.39 is 0 Å². The third-order valence-electron chi connectivity index (χ3n) is 10.8. The largest absolute Gasteiger partial charge is 0.281 e. The molecule has 0 fully saturated rings. The molecule has 0 radical (unpaired) electrons. The van der Waals surface area contributed by atoms with Gasteiger partial charge in [-0.05, 0) is 87.4 Å². The third kappa shape index (κ3) is 4.56. The molecule has 0 amide bonds. The van der Waals surface area contributed by atoms with E-state index in [9.17, 15) is 0 Å². The molecule has 5 aliphatic rings. The number of rotatable bonds is 5. The molecule has 1 heteroatoms. The van der Waals surface area contributed by atoms with Gasteiger partial charge in [0.25, 0.3) is 0 Å². The smallest absolute Gasteiger partial charge is 0.0758 e. The van der Waals surface area contributed by atoms with Crippen LogP contribution >= 0.6 is 0 Å². The van der Waals surface area contributed by atoms with E-state index in [-0.39, 0.29) is 6.04 Å². The van der Waals surface area contributed by atoms with Crippen molar-refractivity contribution in [3.8, 4) is 0 Å². The lowest BCUT2D eigenvalue weighted by Crippen LogP contribution is -2.26. The van der Waals surface area contributed by atoms with Crippen molar-refractivity contribution in [1.82, 2.24) is 0 Å². The number of hydrogen-bond donors (Lipinski definition) is 0. The third-order valence-corrected chi connectivity index (χ3v) is 10.8. The quantitative estimate of drug-likeness (QED) is 0.223. The molecule has 0 saturated heterocycles. The fraction of sp³-hybridized carbons (Fsp3) is 0.205. The molecule has 0 saturated carbocycles. The van der Waals surface area contributed by atoms with Gasteiger partial charge in [0.05, 0.1) is 6.04 Å². The summed E-state index contributed by atoms with van der Waals surface area (Å²) in [4.78, 5) is 5.32. The molecule has 1 aliphatic heterocycles. The minimum atomic E-state index is 0.269. The zero-order chi connectivity index (χ0) is 29.7. The average molecular weight is 580 g/mol. The molecule has 0 bridgehead atoms. The first-order chi connectivity index (χ1) is 22.3. The lowest BCUT2D eigenvalue weighted by atomic mass is 9.69. The summed E-state index contributed by atoms with van der Waals surface area (Å²) in [5.74, 6) is 1.20. The van der Waals surface area contributed by atoms with Crippen molar-refractivity contribution < 1.29 is 0 Å². The number of fused-ring (bicyclic) bond motifs is 8. The Labute approximate surface area is 266 Å². The van der Waals surface area contributed by atoms with E-state index in [1.165, 1.54) is 61.0 Å². The molecule has 3 unspecified atom stereocenters. The van der Waals surface area contributed by atoms with Gasteiger partial charge in [0.1, 0.15) is 0 Å². The molecule has 45 heavy (non-hydrogen) atoms. The highest BCUT2D eigenvalue weighted by Crippen LogP contribution is 2.51. The normalized spacial score (nSPS) is 23.5. The summed E-state index contributed by atoms with van der Waals surface area (Å²) < 4.78 is 0. The van der Waals surface area contributed by atoms with Crippen molar-refractivity contribution in [2.24, 2.45) is 10.9 Å². The van der Waals surface area contributed by atoms with Crippen LogP contribution in [0.15, 0.2) is 156 Å². The zero-order valence-corrected chi connectivity index (χ0v) is 25.6. The van der Waals surface area contributed by atoms with Crippen molar-refractivity contribution in [3.05, 3.63) is 179 Å². The zero-order valence-electron chi connectivity index (χ0n) is 25.6. The van der Waals surface area contributed by atoms with E-state index in [0.717, 1.165) is 32.1 Å². The van der Waals surface area contributed by atoms with Crippen LogP contribution < -0.4 is 0 Å². The topological polar surface area (TPSA) is 12.4 Å². The summed E-state index contributed by atoms with van der Waals surface area (Å²) in [6, 6.07) is 34.5. The monoisotopic (exact) mass is 579 g/mol. The first-order valence-electron chi connectivity index (χ1n) is 16.7. The molecule has 0 spiro atoms. The van der Waals surface area contributed by atoms with Crippen molar-refractivity contribution in [2.75, 3.05) is 0 Å². The van der Waals surface area contributed by atoms with Gasteiger partial charge in [-0.3, -0.25) is 4.99 Å². The van der Waals surface area contributed by atoms with E-state index in [0.29, 0.717) is 17.8 Å². The Bertz CT molecular complexity index is 2030. The fourth-order valence-corrected chi connectivity index (χ4v) is 8.57. The summed E-state index contributed by atoms with van der Waals surface area (Å²) in [5.41, 5.74) is 14.2. The van der Waals surface area contributed by atoms with Gasteiger partial charge >= 0.3 is 0 Å². The molecule has 9 rings (SSSR count). The van der Waals surface area contributed by atoms with Crippen LogP contribution in [0.4, 0.5) is 0 Å². The van der Waals surface area contributed by atoms with E-state index in [2.05, 4.69) is 140 Å². The van der Waals surface area contributed by atoms with Crippen LogP contribution in [-0.2, 0) is 6.42 Å². The number of benzene rings is 4. The van der Waals surface area contributed by atoms with Crippen LogP contribution in [-0.4, -0.2) is 11.8 Å². The number of nitrogens with zero attached hydrogens (tertiary/aromatic N) is 1. The van der Waals surface area contributed by atoms with Gasteiger partial charge < -0.3 is 0 Å². The van der Waals surface area contributed by atoms with Crippen LogP contribution in [0.5, 0.6) is 0 Å². The maximum Gasteiger partial charge on any atom is 0.0758 e. The minimum absolute atomic E-state index is 0.269. The maximum atomic E-state index is 5.32. The van der Waals surface area contributed by atoms with Gasteiger partial charge in [0.15, 0.2) is 0 Å². The van der Waals surface area contributed by atoms with Crippen molar-refractivity contribution in [2.45, 2.75) is 50.0 Å². The first kappa shape index (κ1) is 26.6. The Morgan fingerprint density at radius 2 is 1.60 bits per heavy atom. The lowest BCUT2D eigenvalue weighted by Gasteiger charge is -2.33. The minimum Gasteiger partial charge on any atom is -0.281 e. The summed E-state index contributed by atoms with van der Waals surface area (Å²) in [6.45, 7) is 0. The van der Waals surface area contributed by atoms with Crippen molar-refractivity contribution >= 4 is 27.6 Å². The van der Waals surface area contributed by atoms with Crippen molar-refractivity contribution in [1.29, 1.82) is 0 Å². The van der Waals surface area contributed by atoms with Gasteiger partial charge in [0.2, 0.25) is 0 Å². The number of hydrogen-bond acceptors (Lipinski definition) is 1. The summed E-state index contributed by atoms with van der Waals surface area (Å²) in [7, 11) is 0. The van der Waals surface area contributed by atoms with E-state index in [4.69, 9.17) is 4.99 Å². The Morgan fingerprint density at radius 3 is 2.51 bits per heavy atom. The molecule has 1 heterocycles. The van der Waals surface area contributed by atoms with E-state index in [1.54, 1.807) is 5.57 Å². The average Bonchev–Trinajstić information content (AvgIpc) is 3.51. The standard InChI is InChI=1S/C44H37N/c1-2-11-32(12-3-1)40(35-19-10-14-31-13-4-5-15-34(31)35)27-29-21-23-30(24-22-29)33-25-26-38-41(28-33)36-16-6-7-17-37(36)43-39-18-8-9-20-42(39)45-44(38)43/h1-2,4-11,13-24,28,39-40,42-43H,3,12,25-27H2/t39-,40?,42?,43?/m0/s1. The Hall–Kier alpha value is -4.75. The van der Waals surface area contributed by atoms with Gasteiger partial charge in [-0.25, -0.2) is 0 Å². The van der Waals surface area contributed by atoms with Gasteiger partial charge in [-0.15, -0.1) is 0 Å². The summed E-state index contributed by atoms with van der Waals surface area (Å²) in [6.07, 6.45) is 23.8. The Morgan fingerprint density at radius 1 is 0.756 bits per heavy atom. The highest BCUT2D eigenvalue weighted by Gasteiger charge is 2.43.